The first kappa shape index (κ1) is 22.1. The second kappa shape index (κ2) is 8.92. The van der Waals surface area contributed by atoms with Gasteiger partial charge in [0.15, 0.2) is 0 Å². The number of aromatic nitrogens is 2. The molecule has 0 bridgehead atoms. The third-order valence-corrected chi connectivity index (χ3v) is 7.91. The van der Waals surface area contributed by atoms with Crippen LogP contribution < -0.4 is 10.1 Å². The summed E-state index contributed by atoms with van der Waals surface area (Å²) in [7, 11) is -2.28. The minimum absolute atomic E-state index is 0.142. The second-order valence-electron chi connectivity index (χ2n) is 8.12. The number of nitrogens with zero attached hydrogens (tertiary/aromatic N) is 2. The zero-order chi connectivity index (χ0) is 23.7. The molecule has 3 aromatic carbocycles. The Kier molecular flexibility index (Phi) is 5.80. The van der Waals surface area contributed by atoms with Gasteiger partial charge in [0.05, 0.1) is 23.0 Å². The third kappa shape index (κ3) is 4.15. The van der Waals surface area contributed by atoms with Gasteiger partial charge in [0.25, 0.3) is 0 Å². The molecule has 0 spiro atoms. The number of para-hydroxylation sites is 2. The van der Waals surface area contributed by atoms with Crippen LogP contribution in [0.4, 0.5) is 5.69 Å². The van der Waals surface area contributed by atoms with Crippen molar-refractivity contribution in [2.45, 2.75) is 23.8 Å². The van der Waals surface area contributed by atoms with Crippen LogP contribution in [0.2, 0.25) is 0 Å². The number of rotatable bonds is 6. The summed E-state index contributed by atoms with van der Waals surface area (Å²) in [6, 6.07) is 20.5. The maximum Gasteiger partial charge on any atom is 0.243 e. The van der Waals surface area contributed by atoms with Crippen molar-refractivity contribution in [1.82, 2.24) is 14.3 Å². The van der Waals surface area contributed by atoms with Gasteiger partial charge in [-0.05, 0) is 73.5 Å². The Hall–Kier alpha value is -3.69. The van der Waals surface area contributed by atoms with Gasteiger partial charge in [0, 0.05) is 17.8 Å². The maximum absolute atomic E-state index is 13.2. The van der Waals surface area contributed by atoms with E-state index < -0.39 is 16.1 Å². The molecule has 8 nitrogen and oxygen atoms in total. The highest BCUT2D eigenvalue weighted by Gasteiger charge is 2.39. The Labute approximate surface area is 197 Å². The van der Waals surface area contributed by atoms with Crippen LogP contribution in [0, 0.1) is 0 Å². The molecule has 34 heavy (non-hydrogen) atoms. The Morgan fingerprint density at radius 2 is 1.79 bits per heavy atom. The molecule has 9 heteroatoms. The zero-order valence-corrected chi connectivity index (χ0v) is 19.4. The smallest absolute Gasteiger partial charge is 0.243 e. The first-order valence-corrected chi connectivity index (χ1v) is 12.4. The van der Waals surface area contributed by atoms with Gasteiger partial charge < -0.3 is 15.0 Å². The van der Waals surface area contributed by atoms with Crippen molar-refractivity contribution in [3.8, 4) is 17.1 Å². The van der Waals surface area contributed by atoms with Gasteiger partial charge in [-0.3, -0.25) is 4.79 Å². The minimum Gasteiger partial charge on any atom is -0.497 e. The summed E-state index contributed by atoms with van der Waals surface area (Å²) in [4.78, 5) is 21.0. The number of benzene rings is 3. The number of sulfonamides is 1. The number of hydrogen-bond donors (Lipinski definition) is 2. The molecular formula is C25H24N4O4S. The number of nitrogens with one attached hydrogen (secondary N) is 2. The lowest BCUT2D eigenvalue weighted by Gasteiger charge is -2.23. The van der Waals surface area contributed by atoms with Gasteiger partial charge in [-0.25, -0.2) is 13.4 Å². The highest BCUT2D eigenvalue weighted by atomic mass is 32.2. The maximum atomic E-state index is 13.2. The summed E-state index contributed by atoms with van der Waals surface area (Å²) >= 11 is 0. The normalized spacial score (nSPS) is 16.6. The molecular weight excluding hydrogens is 452 g/mol. The third-order valence-electron chi connectivity index (χ3n) is 5.99. The molecule has 2 heterocycles. The van der Waals surface area contributed by atoms with E-state index in [1.165, 1.54) is 23.5 Å². The van der Waals surface area contributed by atoms with Gasteiger partial charge in [0.1, 0.15) is 17.6 Å². The molecule has 174 valence electrons. The molecule has 2 N–H and O–H groups in total. The van der Waals surface area contributed by atoms with Crippen molar-refractivity contribution < 1.29 is 17.9 Å². The van der Waals surface area contributed by atoms with Crippen molar-refractivity contribution in [3.05, 3.63) is 72.8 Å². The number of fused-ring (bicyclic) bond motifs is 1. The van der Waals surface area contributed by atoms with Crippen molar-refractivity contribution in [3.63, 3.8) is 0 Å². The molecule has 1 fully saturated rings. The molecule has 5 rings (SSSR count). The fourth-order valence-corrected chi connectivity index (χ4v) is 5.86. The van der Waals surface area contributed by atoms with Crippen LogP contribution in [0.25, 0.3) is 22.4 Å². The van der Waals surface area contributed by atoms with Crippen molar-refractivity contribution in [2.24, 2.45) is 0 Å². The standard InChI is InChI=1S/C25H24N4O4S/c1-33-19-12-14-20(15-13-19)34(31,32)29-16-4-7-23(29)25(30)26-18-10-8-17(9-11-18)24-27-21-5-2-3-6-22(21)28-24/h2-3,5-6,8-15,23H,4,7,16H2,1H3,(H,26,30)(H,27,28). The molecule has 1 aromatic heterocycles. The van der Waals surface area contributed by atoms with E-state index in [0.717, 1.165) is 22.4 Å². The number of H-pyrrole nitrogens is 1. The number of methoxy groups -OCH3 is 1. The Morgan fingerprint density at radius 1 is 1.06 bits per heavy atom. The molecule has 0 aliphatic carbocycles. The lowest BCUT2D eigenvalue weighted by atomic mass is 10.1. The number of imidazole rings is 1. The molecule has 1 unspecified atom stereocenters. The number of anilines is 1. The van der Waals surface area contributed by atoms with Crippen LogP contribution >= 0.6 is 0 Å². The van der Waals surface area contributed by atoms with Crippen molar-refractivity contribution in [1.29, 1.82) is 0 Å². The lowest BCUT2D eigenvalue weighted by molar-refractivity contribution is -0.119. The average molecular weight is 477 g/mol. The Morgan fingerprint density at radius 3 is 2.50 bits per heavy atom. The largest absolute Gasteiger partial charge is 0.497 e. The van der Waals surface area contributed by atoms with E-state index in [0.29, 0.717) is 30.8 Å². The molecule has 1 atom stereocenters. The molecule has 4 aromatic rings. The van der Waals surface area contributed by atoms with Crippen LogP contribution in [0.15, 0.2) is 77.7 Å². The van der Waals surface area contributed by atoms with Crippen LogP contribution in [0.5, 0.6) is 5.75 Å². The number of amides is 1. The van der Waals surface area contributed by atoms with Gasteiger partial charge >= 0.3 is 0 Å². The molecule has 0 radical (unpaired) electrons. The van der Waals surface area contributed by atoms with E-state index in [4.69, 9.17) is 4.74 Å². The fourth-order valence-electron chi connectivity index (χ4n) is 4.20. The van der Waals surface area contributed by atoms with Gasteiger partial charge in [-0.1, -0.05) is 12.1 Å². The van der Waals surface area contributed by atoms with Gasteiger partial charge in [-0.2, -0.15) is 4.31 Å². The van der Waals surface area contributed by atoms with E-state index in [1.807, 2.05) is 36.4 Å². The molecule has 1 saturated heterocycles. The number of carbonyl (C=O) groups is 1. The minimum atomic E-state index is -3.80. The zero-order valence-electron chi connectivity index (χ0n) is 18.6. The summed E-state index contributed by atoms with van der Waals surface area (Å²) < 4.78 is 32.7. The molecule has 1 amide bonds. The first-order chi connectivity index (χ1) is 16.5. The highest BCUT2D eigenvalue weighted by molar-refractivity contribution is 7.89. The fraction of sp³-hybridized carbons (Fsp3) is 0.200. The highest BCUT2D eigenvalue weighted by Crippen LogP contribution is 2.28. The second-order valence-corrected chi connectivity index (χ2v) is 10.0. The van der Waals surface area contributed by atoms with Crippen molar-refractivity contribution in [2.75, 3.05) is 19.0 Å². The van der Waals surface area contributed by atoms with Crippen LogP contribution in [-0.2, 0) is 14.8 Å². The monoisotopic (exact) mass is 476 g/mol. The molecule has 0 saturated carbocycles. The van der Waals surface area contributed by atoms with Crippen molar-refractivity contribution >= 4 is 32.7 Å². The Balaban J connectivity index is 1.31. The number of carbonyl (C=O) groups excluding carboxylic acids is 1. The summed E-state index contributed by atoms with van der Waals surface area (Å²) in [5.74, 6) is 0.971. The average Bonchev–Trinajstić information content (AvgIpc) is 3.52. The number of ether oxygens (including phenoxy) is 1. The van der Waals surface area contributed by atoms with E-state index in [-0.39, 0.29) is 10.8 Å². The van der Waals surface area contributed by atoms with Gasteiger partial charge in [-0.15, -0.1) is 0 Å². The predicted molar refractivity (Wildman–Crippen MR) is 130 cm³/mol. The quantitative estimate of drug-likeness (QED) is 0.437. The lowest BCUT2D eigenvalue weighted by Crippen LogP contribution is -2.43. The topological polar surface area (TPSA) is 104 Å². The number of aromatic amines is 1. The van der Waals surface area contributed by atoms with Crippen LogP contribution in [-0.4, -0.2) is 48.3 Å². The van der Waals surface area contributed by atoms with E-state index >= 15 is 0 Å². The van der Waals surface area contributed by atoms with Crippen LogP contribution in [0.1, 0.15) is 12.8 Å². The summed E-state index contributed by atoms with van der Waals surface area (Å²) in [5.41, 5.74) is 3.32. The summed E-state index contributed by atoms with van der Waals surface area (Å²) in [5, 5.41) is 2.87. The van der Waals surface area contributed by atoms with E-state index in [2.05, 4.69) is 15.3 Å². The van der Waals surface area contributed by atoms with Gasteiger partial charge in [0.2, 0.25) is 15.9 Å². The SMILES string of the molecule is COc1ccc(S(=O)(=O)N2CCCC2C(=O)Nc2ccc(-c3nc4ccccc4[nH]3)cc2)cc1. The molecule has 1 aliphatic rings. The summed E-state index contributed by atoms with van der Waals surface area (Å²) in [6.07, 6.45) is 1.09. The first-order valence-electron chi connectivity index (χ1n) is 11.0. The van der Waals surface area contributed by atoms with E-state index in [9.17, 15) is 13.2 Å². The van der Waals surface area contributed by atoms with Crippen LogP contribution in [0.3, 0.4) is 0 Å². The predicted octanol–water partition coefficient (Wildman–Crippen LogP) is 4.03. The Bertz CT molecular complexity index is 1400. The van der Waals surface area contributed by atoms with E-state index in [1.54, 1.807) is 24.3 Å². The molecule has 1 aliphatic heterocycles. The summed E-state index contributed by atoms with van der Waals surface area (Å²) in [6.45, 7) is 0.303. The number of hydrogen-bond acceptors (Lipinski definition) is 5.